The molecule has 4 nitrogen and oxygen atoms in total. The minimum Gasteiger partial charge on any atom is -0.389 e. The zero-order valence-corrected chi connectivity index (χ0v) is 8.82. The van der Waals surface area contributed by atoms with Gasteiger partial charge < -0.3 is 15.3 Å². The second-order valence-corrected chi connectivity index (χ2v) is 3.88. The zero-order valence-electron chi connectivity index (χ0n) is 8.82. The molecule has 0 radical (unpaired) electrons. The molecule has 1 aromatic rings. The summed E-state index contributed by atoms with van der Waals surface area (Å²) in [5, 5.41) is 12.2. The van der Waals surface area contributed by atoms with E-state index in [2.05, 4.69) is 5.32 Å². The van der Waals surface area contributed by atoms with Crippen molar-refractivity contribution in [3.05, 3.63) is 29.3 Å². The monoisotopic (exact) mass is 206 g/mol. The van der Waals surface area contributed by atoms with Crippen LogP contribution in [0, 0.1) is 0 Å². The van der Waals surface area contributed by atoms with Gasteiger partial charge in [-0.05, 0) is 30.2 Å². The van der Waals surface area contributed by atoms with Crippen LogP contribution in [0.15, 0.2) is 18.2 Å². The molecule has 4 heteroatoms. The molecule has 0 bridgehead atoms. The Bertz CT molecular complexity index is 402. The number of amides is 2. The number of urea groups is 1. The highest BCUT2D eigenvalue weighted by molar-refractivity contribution is 5.92. The Kier molecular flexibility index (Phi) is 2.36. The Morgan fingerprint density at radius 2 is 2.27 bits per heavy atom. The van der Waals surface area contributed by atoms with Crippen LogP contribution in [-0.4, -0.2) is 23.1 Å². The second kappa shape index (κ2) is 3.55. The molecular formula is C11H14N2O2. The van der Waals surface area contributed by atoms with Crippen LogP contribution >= 0.6 is 0 Å². The largest absolute Gasteiger partial charge is 0.389 e. The van der Waals surface area contributed by atoms with E-state index in [1.165, 1.54) is 0 Å². The number of carbonyl (C=O) groups is 1. The van der Waals surface area contributed by atoms with Gasteiger partial charge in [-0.3, -0.25) is 0 Å². The van der Waals surface area contributed by atoms with Gasteiger partial charge in [-0.15, -0.1) is 0 Å². The Morgan fingerprint density at radius 3 is 2.93 bits per heavy atom. The molecule has 2 amide bonds. The number of rotatable bonds is 1. The van der Waals surface area contributed by atoms with E-state index < -0.39 is 6.10 Å². The van der Waals surface area contributed by atoms with E-state index in [0.717, 1.165) is 16.8 Å². The van der Waals surface area contributed by atoms with Crippen molar-refractivity contribution in [3.63, 3.8) is 0 Å². The van der Waals surface area contributed by atoms with Gasteiger partial charge in [0.2, 0.25) is 0 Å². The molecule has 0 saturated carbocycles. The number of nitrogens with one attached hydrogen (secondary N) is 1. The summed E-state index contributed by atoms with van der Waals surface area (Å²) in [6.45, 7) is 2.31. The third-order valence-electron chi connectivity index (χ3n) is 2.61. The topological polar surface area (TPSA) is 52.6 Å². The van der Waals surface area contributed by atoms with Gasteiger partial charge in [-0.25, -0.2) is 4.79 Å². The van der Waals surface area contributed by atoms with Crippen LogP contribution in [0.25, 0.3) is 0 Å². The van der Waals surface area contributed by atoms with Gasteiger partial charge in [0.1, 0.15) is 0 Å². The zero-order chi connectivity index (χ0) is 11.0. The highest BCUT2D eigenvalue weighted by Gasteiger charge is 2.19. The summed E-state index contributed by atoms with van der Waals surface area (Å²) in [5.74, 6) is 0. The van der Waals surface area contributed by atoms with Gasteiger partial charge in [-0.2, -0.15) is 0 Å². The number of aliphatic hydroxyl groups is 1. The normalized spacial score (nSPS) is 17.0. The summed E-state index contributed by atoms with van der Waals surface area (Å²) in [4.78, 5) is 12.9. The van der Waals surface area contributed by atoms with E-state index in [0.29, 0.717) is 6.54 Å². The van der Waals surface area contributed by atoms with Crippen molar-refractivity contribution in [1.82, 2.24) is 4.90 Å². The van der Waals surface area contributed by atoms with Gasteiger partial charge in [-0.1, -0.05) is 6.07 Å². The lowest BCUT2D eigenvalue weighted by molar-refractivity contribution is 0.199. The lowest BCUT2D eigenvalue weighted by Gasteiger charge is -2.26. The van der Waals surface area contributed by atoms with Crippen LogP contribution in [0.5, 0.6) is 0 Å². The van der Waals surface area contributed by atoms with E-state index in [1.807, 2.05) is 18.2 Å². The average Bonchev–Trinajstić information content (AvgIpc) is 2.19. The predicted octanol–water partition coefficient (Wildman–Crippen LogP) is 1.72. The van der Waals surface area contributed by atoms with Gasteiger partial charge in [0.05, 0.1) is 6.10 Å². The van der Waals surface area contributed by atoms with Gasteiger partial charge >= 0.3 is 6.03 Å². The van der Waals surface area contributed by atoms with Gasteiger partial charge in [0, 0.05) is 19.3 Å². The van der Waals surface area contributed by atoms with Gasteiger partial charge in [0.25, 0.3) is 0 Å². The minimum absolute atomic E-state index is 0.0905. The number of hydrogen-bond donors (Lipinski definition) is 2. The summed E-state index contributed by atoms with van der Waals surface area (Å²) in [6.07, 6.45) is -0.474. The molecule has 15 heavy (non-hydrogen) atoms. The number of hydrogen-bond acceptors (Lipinski definition) is 2. The summed E-state index contributed by atoms with van der Waals surface area (Å²) >= 11 is 0. The SMILES string of the molecule is C[C@@H](O)c1ccc2c(c1)CN(C)C(=O)N2. The van der Waals surface area contributed by atoms with Crippen molar-refractivity contribution in [2.24, 2.45) is 0 Å². The van der Waals surface area contributed by atoms with Crippen LogP contribution in [0.4, 0.5) is 10.5 Å². The van der Waals surface area contributed by atoms with Crippen molar-refractivity contribution in [2.45, 2.75) is 19.6 Å². The molecule has 0 saturated heterocycles. The standard InChI is InChI=1S/C11H14N2O2/c1-7(14)8-3-4-10-9(5-8)6-13(2)11(15)12-10/h3-5,7,14H,6H2,1-2H3,(H,12,15)/t7-/m1/s1. The molecule has 1 heterocycles. The molecule has 0 aromatic heterocycles. The van der Waals surface area contributed by atoms with Crippen molar-refractivity contribution in [2.75, 3.05) is 12.4 Å². The van der Waals surface area contributed by atoms with Crippen LogP contribution in [0.1, 0.15) is 24.2 Å². The quantitative estimate of drug-likeness (QED) is 0.735. The highest BCUT2D eigenvalue weighted by Crippen LogP contribution is 2.25. The summed E-state index contributed by atoms with van der Waals surface area (Å²) < 4.78 is 0. The van der Waals surface area contributed by atoms with Crippen molar-refractivity contribution >= 4 is 11.7 Å². The molecule has 2 N–H and O–H groups in total. The highest BCUT2D eigenvalue weighted by atomic mass is 16.3. The predicted molar refractivity (Wildman–Crippen MR) is 57.6 cm³/mol. The number of fused-ring (bicyclic) bond motifs is 1. The third kappa shape index (κ3) is 1.80. The molecule has 1 aliphatic heterocycles. The Morgan fingerprint density at radius 1 is 1.53 bits per heavy atom. The number of carbonyl (C=O) groups excluding carboxylic acids is 1. The number of aliphatic hydroxyl groups excluding tert-OH is 1. The summed E-state index contributed by atoms with van der Waals surface area (Å²) in [7, 11) is 1.74. The lowest BCUT2D eigenvalue weighted by atomic mass is 10.0. The fourth-order valence-electron chi connectivity index (χ4n) is 1.66. The summed E-state index contributed by atoms with van der Waals surface area (Å²) in [5.41, 5.74) is 2.75. The molecule has 1 atom stereocenters. The van der Waals surface area contributed by atoms with E-state index in [1.54, 1.807) is 18.9 Å². The maximum atomic E-state index is 11.3. The molecular weight excluding hydrogens is 192 g/mol. The Balaban J connectivity index is 2.37. The minimum atomic E-state index is -0.474. The first-order valence-corrected chi connectivity index (χ1v) is 4.91. The van der Waals surface area contributed by atoms with Crippen LogP contribution in [0.3, 0.4) is 0 Å². The fourth-order valence-corrected chi connectivity index (χ4v) is 1.66. The molecule has 0 spiro atoms. The van der Waals surface area contributed by atoms with Crippen LogP contribution in [-0.2, 0) is 6.54 Å². The molecule has 0 fully saturated rings. The number of benzene rings is 1. The first-order chi connectivity index (χ1) is 7.08. The first-order valence-electron chi connectivity index (χ1n) is 4.91. The summed E-state index contributed by atoms with van der Waals surface area (Å²) in [6, 6.07) is 5.50. The number of nitrogens with zero attached hydrogens (tertiary/aromatic N) is 1. The lowest BCUT2D eigenvalue weighted by Crippen LogP contribution is -2.35. The van der Waals surface area contributed by atoms with E-state index >= 15 is 0 Å². The molecule has 80 valence electrons. The van der Waals surface area contributed by atoms with Crippen LogP contribution in [0.2, 0.25) is 0 Å². The van der Waals surface area contributed by atoms with Gasteiger partial charge in [0.15, 0.2) is 0 Å². The van der Waals surface area contributed by atoms with E-state index in [4.69, 9.17) is 0 Å². The van der Waals surface area contributed by atoms with Crippen molar-refractivity contribution < 1.29 is 9.90 Å². The molecule has 0 unspecified atom stereocenters. The number of anilines is 1. The molecule has 1 aliphatic rings. The third-order valence-corrected chi connectivity index (χ3v) is 2.61. The molecule has 1 aromatic carbocycles. The molecule has 0 aliphatic carbocycles. The van der Waals surface area contributed by atoms with E-state index in [-0.39, 0.29) is 6.03 Å². The first kappa shape index (κ1) is 9.98. The average molecular weight is 206 g/mol. The Labute approximate surface area is 88.5 Å². The van der Waals surface area contributed by atoms with Crippen LogP contribution < -0.4 is 5.32 Å². The maximum Gasteiger partial charge on any atom is 0.321 e. The van der Waals surface area contributed by atoms with E-state index in [9.17, 15) is 9.90 Å². The van der Waals surface area contributed by atoms with Crippen molar-refractivity contribution in [3.8, 4) is 0 Å². The Hall–Kier alpha value is -1.55. The maximum absolute atomic E-state index is 11.3. The molecule has 2 rings (SSSR count). The smallest absolute Gasteiger partial charge is 0.321 e. The van der Waals surface area contributed by atoms with Crippen molar-refractivity contribution in [1.29, 1.82) is 0 Å². The fraction of sp³-hybridized carbons (Fsp3) is 0.364. The second-order valence-electron chi connectivity index (χ2n) is 3.88.